The lowest BCUT2D eigenvalue weighted by Crippen LogP contribution is -2.60. The lowest BCUT2D eigenvalue weighted by atomic mass is 10.0. The summed E-state index contributed by atoms with van der Waals surface area (Å²) >= 11 is 0. The molecule has 0 unspecified atom stereocenters. The number of pyridine rings is 1. The number of hydrogen-bond donors (Lipinski definition) is 1. The van der Waals surface area contributed by atoms with E-state index in [1.807, 2.05) is 0 Å². The molecule has 232 valence electrons. The molecule has 0 bridgehead atoms. The zero-order valence-electron chi connectivity index (χ0n) is 23.3. The van der Waals surface area contributed by atoms with Crippen LogP contribution in [0, 0.1) is 0 Å². The Kier molecular flexibility index (Phi) is 8.53. The molecule has 4 aromatic rings. The molecule has 1 atom stereocenters. The van der Waals surface area contributed by atoms with Crippen molar-refractivity contribution in [2.24, 2.45) is 0 Å². The van der Waals surface area contributed by atoms with Crippen LogP contribution in [0.1, 0.15) is 30.0 Å². The van der Waals surface area contributed by atoms with Crippen LogP contribution in [-0.2, 0) is 33.5 Å². The van der Waals surface area contributed by atoms with Crippen LogP contribution in [0.5, 0.6) is 0 Å². The van der Waals surface area contributed by atoms with E-state index in [2.05, 4.69) is 20.3 Å². The minimum atomic E-state index is -4.65. The number of fused-ring (bicyclic) bond motifs is 1. The van der Waals surface area contributed by atoms with Gasteiger partial charge < -0.3 is 10.2 Å². The van der Waals surface area contributed by atoms with E-state index in [-0.39, 0.29) is 38.2 Å². The van der Waals surface area contributed by atoms with Gasteiger partial charge in [0.25, 0.3) is 5.92 Å². The van der Waals surface area contributed by atoms with E-state index in [0.717, 1.165) is 16.4 Å². The fourth-order valence-electron chi connectivity index (χ4n) is 4.81. The van der Waals surface area contributed by atoms with Crippen LogP contribution in [-0.4, -0.2) is 59.3 Å². The Balaban J connectivity index is 1.41. The van der Waals surface area contributed by atoms with E-state index in [9.17, 15) is 35.2 Å². The van der Waals surface area contributed by atoms with Crippen LogP contribution in [0.15, 0.2) is 78.1 Å². The van der Waals surface area contributed by atoms with Crippen molar-refractivity contribution in [3.63, 3.8) is 0 Å². The Bertz CT molecular complexity index is 1750. The summed E-state index contributed by atoms with van der Waals surface area (Å²) in [6.07, 6.45) is -0.470. The monoisotopic (exact) mass is 634 g/mol. The van der Waals surface area contributed by atoms with E-state index in [4.69, 9.17) is 0 Å². The van der Waals surface area contributed by atoms with Crippen LogP contribution in [0.4, 0.5) is 27.8 Å². The number of aromatic nitrogens is 3. The number of piperazine rings is 1. The van der Waals surface area contributed by atoms with Crippen LogP contribution in [0.2, 0.25) is 0 Å². The van der Waals surface area contributed by atoms with Crippen LogP contribution < -0.4 is 10.2 Å². The van der Waals surface area contributed by atoms with E-state index < -0.39 is 44.5 Å². The fourth-order valence-corrected chi connectivity index (χ4v) is 6.38. The van der Waals surface area contributed by atoms with Crippen molar-refractivity contribution in [3.8, 4) is 0 Å². The third kappa shape index (κ3) is 6.48. The van der Waals surface area contributed by atoms with E-state index in [1.54, 1.807) is 17.2 Å². The Morgan fingerprint density at radius 3 is 2.27 bits per heavy atom. The van der Waals surface area contributed by atoms with E-state index >= 15 is 0 Å². The number of nitrogens with zero attached hydrogens (tertiary/aromatic N) is 5. The van der Waals surface area contributed by atoms with Gasteiger partial charge in [-0.15, -0.1) is 0 Å². The summed E-state index contributed by atoms with van der Waals surface area (Å²) in [4.78, 5) is 27.7. The molecule has 2 aromatic heterocycles. The summed E-state index contributed by atoms with van der Waals surface area (Å²) in [5.74, 6) is -3.30. The second-order valence-electron chi connectivity index (χ2n) is 10.2. The zero-order chi connectivity index (χ0) is 31.7. The number of carbonyl (C=O) groups is 1. The Morgan fingerprint density at radius 2 is 1.61 bits per heavy atom. The summed E-state index contributed by atoms with van der Waals surface area (Å²) in [5.41, 5.74) is 0.405. The molecule has 1 saturated heterocycles. The molecule has 3 heterocycles. The van der Waals surface area contributed by atoms with Gasteiger partial charge in [-0.25, -0.2) is 27.2 Å². The van der Waals surface area contributed by atoms with Gasteiger partial charge in [-0.05, 0) is 35.9 Å². The van der Waals surface area contributed by atoms with Crippen LogP contribution >= 0.6 is 0 Å². The van der Waals surface area contributed by atoms with Crippen molar-refractivity contribution in [2.75, 3.05) is 24.5 Å². The number of carbonyl (C=O) groups excluding carboxylic acids is 1. The molecular formula is C29H27F5N6O3S. The number of nitrogens with one attached hydrogen (secondary N) is 1. The average molecular weight is 635 g/mol. The van der Waals surface area contributed by atoms with Crippen molar-refractivity contribution in [1.29, 1.82) is 0 Å². The quantitative estimate of drug-likeness (QED) is 0.279. The number of halogens is 5. The predicted octanol–water partition coefficient (Wildman–Crippen LogP) is 4.74. The van der Waals surface area contributed by atoms with Crippen molar-refractivity contribution >= 4 is 32.8 Å². The number of amides is 1. The molecule has 1 aliphatic rings. The maximum atomic E-state index is 14.0. The molecule has 15 heteroatoms. The molecular weight excluding hydrogens is 607 g/mol. The number of alkyl halides is 5. The number of anilines is 1. The Labute approximate surface area is 249 Å². The van der Waals surface area contributed by atoms with Crippen LogP contribution in [0.3, 0.4) is 0 Å². The van der Waals surface area contributed by atoms with Gasteiger partial charge in [0.05, 0.1) is 28.4 Å². The molecule has 0 spiro atoms. The zero-order valence-corrected chi connectivity index (χ0v) is 24.1. The molecule has 0 radical (unpaired) electrons. The molecule has 0 aliphatic carbocycles. The predicted molar refractivity (Wildman–Crippen MR) is 151 cm³/mol. The minimum absolute atomic E-state index is 0.0791. The lowest BCUT2D eigenvalue weighted by molar-refractivity contribution is -0.137. The molecule has 0 saturated carbocycles. The molecule has 1 aliphatic heterocycles. The third-order valence-corrected chi connectivity index (χ3v) is 9.29. The molecule has 5 rings (SSSR count). The summed E-state index contributed by atoms with van der Waals surface area (Å²) in [5, 5.41) is 2.67. The number of benzene rings is 2. The fraction of sp³-hybridized carbons (Fsp3) is 0.310. The maximum Gasteiger partial charge on any atom is 0.416 e. The van der Waals surface area contributed by atoms with Gasteiger partial charge >= 0.3 is 6.18 Å². The molecule has 2 aromatic carbocycles. The minimum Gasteiger partial charge on any atom is -0.352 e. The summed E-state index contributed by atoms with van der Waals surface area (Å²) in [6.45, 7) is 1.08. The first-order chi connectivity index (χ1) is 20.8. The van der Waals surface area contributed by atoms with Gasteiger partial charge in [-0.1, -0.05) is 31.2 Å². The summed E-state index contributed by atoms with van der Waals surface area (Å²) in [6, 6.07) is 8.83. The SMILES string of the molecule is CCC(F)(F)c1ccc(CNC(=O)[C@H]2CN(c3cnc4cnccc4n3)CCN2S(=O)(=O)c2ccc(C(F)(F)F)cc2)cc1. The lowest BCUT2D eigenvalue weighted by Gasteiger charge is -2.40. The first-order valence-corrected chi connectivity index (χ1v) is 15.0. The number of hydrogen-bond acceptors (Lipinski definition) is 7. The molecule has 1 N–H and O–H groups in total. The largest absolute Gasteiger partial charge is 0.416 e. The van der Waals surface area contributed by atoms with Gasteiger partial charge in [-0.2, -0.15) is 17.5 Å². The van der Waals surface area contributed by atoms with E-state index in [0.29, 0.717) is 34.5 Å². The Hall–Kier alpha value is -4.24. The van der Waals surface area contributed by atoms with Gasteiger partial charge in [0.1, 0.15) is 17.4 Å². The highest BCUT2D eigenvalue weighted by molar-refractivity contribution is 7.89. The van der Waals surface area contributed by atoms with Gasteiger partial charge in [-0.3, -0.25) is 9.78 Å². The number of rotatable bonds is 8. The van der Waals surface area contributed by atoms with Gasteiger partial charge in [0, 0.05) is 44.4 Å². The molecule has 1 fully saturated rings. The normalized spacial score (nSPS) is 16.7. The van der Waals surface area contributed by atoms with Gasteiger partial charge in [0.2, 0.25) is 15.9 Å². The third-order valence-electron chi connectivity index (χ3n) is 7.37. The second kappa shape index (κ2) is 12.0. The van der Waals surface area contributed by atoms with E-state index in [1.165, 1.54) is 43.6 Å². The topological polar surface area (TPSA) is 108 Å². The molecule has 44 heavy (non-hydrogen) atoms. The molecule has 9 nitrogen and oxygen atoms in total. The molecule has 1 amide bonds. The maximum absolute atomic E-state index is 14.0. The van der Waals surface area contributed by atoms with Crippen molar-refractivity contribution in [3.05, 3.63) is 89.9 Å². The van der Waals surface area contributed by atoms with Crippen molar-refractivity contribution in [2.45, 2.75) is 42.9 Å². The number of sulfonamides is 1. The Morgan fingerprint density at radius 1 is 0.932 bits per heavy atom. The summed E-state index contributed by atoms with van der Waals surface area (Å²) < 4.78 is 95.6. The second-order valence-corrected chi connectivity index (χ2v) is 12.1. The standard InChI is InChI=1S/C29H27F5N6O3S/c1-2-28(30,31)20-5-3-19(4-6-20)15-37-27(41)25-18-39(26-17-36-24-16-35-12-11-23(24)38-26)13-14-40(25)44(42,43)22-9-7-21(8-10-22)29(32,33)34/h3-12,16-17,25H,2,13-15,18H2,1H3,(H,37,41)/t25-/m1/s1. The van der Waals surface area contributed by atoms with Crippen molar-refractivity contribution in [1.82, 2.24) is 24.6 Å². The average Bonchev–Trinajstić information content (AvgIpc) is 3.03. The van der Waals surface area contributed by atoms with Crippen LogP contribution in [0.25, 0.3) is 11.0 Å². The highest BCUT2D eigenvalue weighted by Crippen LogP contribution is 2.32. The first kappa shape index (κ1) is 31.2. The highest BCUT2D eigenvalue weighted by Gasteiger charge is 2.41. The van der Waals surface area contributed by atoms with Gasteiger partial charge in [0.15, 0.2) is 0 Å². The summed E-state index contributed by atoms with van der Waals surface area (Å²) in [7, 11) is -4.42. The first-order valence-electron chi connectivity index (χ1n) is 13.6. The highest BCUT2D eigenvalue weighted by atomic mass is 32.2. The van der Waals surface area contributed by atoms with Crippen molar-refractivity contribution < 1.29 is 35.2 Å². The smallest absolute Gasteiger partial charge is 0.352 e.